The molecule has 0 aliphatic heterocycles. The Morgan fingerprint density at radius 1 is 0.967 bits per heavy atom. The van der Waals surface area contributed by atoms with Crippen LogP contribution in [-0.4, -0.2) is 32.9 Å². The van der Waals surface area contributed by atoms with Crippen LogP contribution in [0.2, 0.25) is 0 Å². The van der Waals surface area contributed by atoms with E-state index >= 15 is 0 Å². The van der Waals surface area contributed by atoms with Crippen LogP contribution in [0.25, 0.3) is 0 Å². The minimum absolute atomic E-state index is 0.160. The number of nitrogens with one attached hydrogen (secondary N) is 4. The van der Waals surface area contributed by atoms with Gasteiger partial charge in [0.05, 0.1) is 12.3 Å². The number of hydrogen-bond donors (Lipinski definition) is 4. The Kier molecular flexibility index (Phi) is 8.37. The quantitative estimate of drug-likeness (QED) is 0.486. The number of urea groups is 1. The molecule has 30 heavy (non-hydrogen) atoms. The van der Waals surface area contributed by atoms with Crippen LogP contribution in [0.15, 0.2) is 48.5 Å². The van der Waals surface area contributed by atoms with Gasteiger partial charge in [0.2, 0.25) is 15.9 Å². The van der Waals surface area contributed by atoms with Gasteiger partial charge in [-0.2, -0.15) is 0 Å². The van der Waals surface area contributed by atoms with E-state index in [-0.39, 0.29) is 30.8 Å². The summed E-state index contributed by atoms with van der Waals surface area (Å²) < 4.78 is 26.9. The van der Waals surface area contributed by atoms with E-state index in [9.17, 15) is 18.0 Å². The number of benzene rings is 2. The normalized spacial score (nSPS) is 11.2. The summed E-state index contributed by atoms with van der Waals surface area (Å²) >= 11 is 0. The minimum Gasteiger partial charge on any atom is -0.350 e. The molecule has 0 fully saturated rings. The van der Waals surface area contributed by atoms with Gasteiger partial charge in [0.15, 0.2) is 0 Å². The average molecular weight is 433 g/mol. The van der Waals surface area contributed by atoms with Crippen molar-refractivity contribution in [2.45, 2.75) is 39.1 Å². The molecule has 0 heterocycles. The maximum atomic E-state index is 12.2. The zero-order chi connectivity index (χ0) is 22.1. The Balaban J connectivity index is 1.85. The van der Waals surface area contributed by atoms with Crippen LogP contribution in [0.1, 0.15) is 30.5 Å². The van der Waals surface area contributed by atoms with Crippen LogP contribution in [0.5, 0.6) is 0 Å². The molecule has 0 unspecified atom stereocenters. The van der Waals surface area contributed by atoms with Crippen LogP contribution in [0, 0.1) is 6.92 Å². The third-order valence-corrected chi connectivity index (χ3v) is 5.56. The van der Waals surface area contributed by atoms with Gasteiger partial charge in [0.25, 0.3) is 0 Å². The highest BCUT2D eigenvalue weighted by Gasteiger charge is 2.15. The van der Waals surface area contributed by atoms with Gasteiger partial charge in [0.1, 0.15) is 0 Å². The number of amides is 3. The molecular formula is C21H28N4O4S. The molecule has 0 spiro atoms. The van der Waals surface area contributed by atoms with E-state index < -0.39 is 16.1 Å². The van der Waals surface area contributed by atoms with E-state index in [1.165, 1.54) is 0 Å². The first-order valence-electron chi connectivity index (χ1n) is 9.59. The monoisotopic (exact) mass is 432 g/mol. The van der Waals surface area contributed by atoms with Crippen LogP contribution in [-0.2, 0) is 27.1 Å². The molecule has 0 aromatic heterocycles. The number of rotatable bonds is 9. The third kappa shape index (κ3) is 8.22. The van der Waals surface area contributed by atoms with Crippen molar-refractivity contribution in [2.24, 2.45) is 0 Å². The van der Waals surface area contributed by atoms with Crippen molar-refractivity contribution in [3.05, 3.63) is 65.2 Å². The second-order valence-corrected chi connectivity index (χ2v) is 9.01. The van der Waals surface area contributed by atoms with Crippen molar-refractivity contribution in [1.82, 2.24) is 15.4 Å². The highest BCUT2D eigenvalue weighted by molar-refractivity contribution is 7.88. The molecule has 0 saturated carbocycles. The summed E-state index contributed by atoms with van der Waals surface area (Å²) in [6.45, 7) is 5.39. The van der Waals surface area contributed by atoms with Crippen LogP contribution in [0.4, 0.5) is 10.5 Å². The van der Waals surface area contributed by atoms with Gasteiger partial charge in [0, 0.05) is 18.3 Å². The molecule has 0 radical (unpaired) electrons. The standard InChI is InChI=1S/C21H28N4O4S/c1-15(2)25-30(28,29)14-18-9-5-4-8-17(18)12-22-20(26)13-23-21(27)24-19-10-6-7-16(3)11-19/h4-11,15,25H,12-14H2,1-3H3,(H,22,26)(H2,23,24,27). The van der Waals surface area contributed by atoms with Gasteiger partial charge in [-0.1, -0.05) is 36.4 Å². The lowest BCUT2D eigenvalue weighted by atomic mass is 10.1. The van der Waals surface area contributed by atoms with Crippen LogP contribution >= 0.6 is 0 Å². The topological polar surface area (TPSA) is 116 Å². The highest BCUT2D eigenvalue weighted by Crippen LogP contribution is 2.12. The summed E-state index contributed by atoms with van der Waals surface area (Å²) in [5.41, 5.74) is 2.95. The lowest BCUT2D eigenvalue weighted by Crippen LogP contribution is -2.38. The molecule has 0 aliphatic rings. The molecule has 2 aromatic rings. The van der Waals surface area contributed by atoms with E-state index in [2.05, 4.69) is 20.7 Å². The highest BCUT2D eigenvalue weighted by atomic mass is 32.2. The molecule has 0 bridgehead atoms. The maximum absolute atomic E-state index is 12.2. The van der Waals surface area contributed by atoms with Gasteiger partial charge in [-0.05, 0) is 49.6 Å². The first-order chi connectivity index (χ1) is 14.1. The minimum atomic E-state index is -3.48. The summed E-state index contributed by atoms with van der Waals surface area (Å²) in [6.07, 6.45) is 0. The second-order valence-electron chi connectivity index (χ2n) is 7.25. The van der Waals surface area contributed by atoms with Crippen molar-refractivity contribution in [3.63, 3.8) is 0 Å². The summed E-state index contributed by atoms with van der Waals surface area (Å²) in [7, 11) is -3.48. The predicted molar refractivity (Wildman–Crippen MR) is 117 cm³/mol. The average Bonchev–Trinajstić information content (AvgIpc) is 2.64. The fourth-order valence-electron chi connectivity index (χ4n) is 2.79. The predicted octanol–water partition coefficient (Wildman–Crippen LogP) is 2.26. The van der Waals surface area contributed by atoms with Crippen LogP contribution in [0.3, 0.4) is 0 Å². The van der Waals surface area contributed by atoms with E-state index in [1.807, 2.05) is 25.1 Å². The lowest BCUT2D eigenvalue weighted by molar-refractivity contribution is -0.120. The summed E-state index contributed by atoms with van der Waals surface area (Å²) in [5, 5.41) is 7.85. The summed E-state index contributed by atoms with van der Waals surface area (Å²) in [5.74, 6) is -0.554. The fourth-order valence-corrected chi connectivity index (χ4v) is 4.28. The van der Waals surface area contributed by atoms with Crippen LogP contribution < -0.4 is 20.7 Å². The number of carbonyl (C=O) groups is 2. The molecule has 9 heteroatoms. The number of anilines is 1. The van der Waals surface area contributed by atoms with Gasteiger partial charge < -0.3 is 16.0 Å². The first-order valence-corrected chi connectivity index (χ1v) is 11.2. The molecule has 162 valence electrons. The summed E-state index contributed by atoms with van der Waals surface area (Å²) in [4.78, 5) is 24.0. The number of hydrogen-bond acceptors (Lipinski definition) is 4. The number of sulfonamides is 1. The molecule has 4 N–H and O–H groups in total. The van der Waals surface area contributed by atoms with Gasteiger partial charge in [-0.3, -0.25) is 4.79 Å². The van der Waals surface area contributed by atoms with E-state index in [0.29, 0.717) is 16.8 Å². The fraction of sp³-hybridized carbons (Fsp3) is 0.333. The zero-order valence-corrected chi connectivity index (χ0v) is 18.2. The van der Waals surface area contributed by atoms with Gasteiger partial charge in [-0.25, -0.2) is 17.9 Å². The number of carbonyl (C=O) groups excluding carboxylic acids is 2. The van der Waals surface area contributed by atoms with Gasteiger partial charge in [-0.15, -0.1) is 0 Å². The SMILES string of the molecule is Cc1cccc(NC(=O)NCC(=O)NCc2ccccc2CS(=O)(=O)NC(C)C)c1. The number of aryl methyl sites for hydroxylation is 1. The molecule has 2 aromatic carbocycles. The first kappa shape index (κ1) is 23.4. The van der Waals surface area contributed by atoms with Crippen molar-refractivity contribution in [2.75, 3.05) is 11.9 Å². The Bertz CT molecular complexity index is 990. The smallest absolute Gasteiger partial charge is 0.319 e. The molecule has 0 aliphatic carbocycles. The Morgan fingerprint density at radius 2 is 1.67 bits per heavy atom. The molecular weight excluding hydrogens is 404 g/mol. The van der Waals surface area contributed by atoms with Crippen molar-refractivity contribution >= 4 is 27.6 Å². The Morgan fingerprint density at radius 3 is 2.33 bits per heavy atom. The molecule has 0 atom stereocenters. The van der Waals surface area contributed by atoms with E-state index in [0.717, 1.165) is 5.56 Å². The Labute approximate surface area is 177 Å². The largest absolute Gasteiger partial charge is 0.350 e. The van der Waals surface area contributed by atoms with E-state index in [1.54, 1.807) is 44.2 Å². The molecule has 2 rings (SSSR count). The van der Waals surface area contributed by atoms with Gasteiger partial charge >= 0.3 is 6.03 Å². The van der Waals surface area contributed by atoms with Crippen molar-refractivity contribution in [3.8, 4) is 0 Å². The molecule has 0 saturated heterocycles. The van der Waals surface area contributed by atoms with Crippen molar-refractivity contribution in [1.29, 1.82) is 0 Å². The molecule has 8 nitrogen and oxygen atoms in total. The van der Waals surface area contributed by atoms with E-state index in [4.69, 9.17) is 0 Å². The summed E-state index contributed by atoms with van der Waals surface area (Å²) in [6, 6.07) is 13.6. The lowest BCUT2D eigenvalue weighted by Gasteiger charge is -2.13. The maximum Gasteiger partial charge on any atom is 0.319 e. The third-order valence-electron chi connectivity index (χ3n) is 4.04. The molecule has 3 amide bonds. The zero-order valence-electron chi connectivity index (χ0n) is 17.4. The van der Waals surface area contributed by atoms with Crippen molar-refractivity contribution < 1.29 is 18.0 Å². The second kappa shape index (κ2) is 10.7. The Hall–Kier alpha value is -2.91.